The summed E-state index contributed by atoms with van der Waals surface area (Å²) in [5, 5.41) is 0. The van der Waals surface area contributed by atoms with E-state index >= 15 is 0 Å². The summed E-state index contributed by atoms with van der Waals surface area (Å²) in [6.45, 7) is 6.50. The summed E-state index contributed by atoms with van der Waals surface area (Å²) in [4.78, 5) is 0. The molecule has 0 unspecified atom stereocenters. The zero-order chi connectivity index (χ0) is 9.56. The standard InChI is InChI=1S/C6H6FN.C4H10/c7-5-1-3-6(8)4-2-5;1-4(2)3/h1-4H,8H2;4H,1-3H3. The predicted octanol–water partition coefficient (Wildman–Crippen LogP) is 3.07. The molecule has 0 fully saturated rings. The van der Waals surface area contributed by atoms with E-state index in [1.54, 1.807) is 0 Å². The molecular formula is C10H16FN. The summed E-state index contributed by atoms with van der Waals surface area (Å²) in [6.07, 6.45) is 0. The minimum Gasteiger partial charge on any atom is -0.399 e. The van der Waals surface area contributed by atoms with E-state index in [2.05, 4.69) is 20.8 Å². The Balaban J connectivity index is 0.000000261. The van der Waals surface area contributed by atoms with Crippen LogP contribution in [0.5, 0.6) is 0 Å². The molecule has 0 bridgehead atoms. The smallest absolute Gasteiger partial charge is 0.123 e. The Morgan fingerprint density at radius 3 is 1.67 bits per heavy atom. The number of anilines is 1. The molecule has 0 saturated carbocycles. The number of nitrogen functional groups attached to an aromatic ring is 1. The molecule has 68 valence electrons. The van der Waals surface area contributed by atoms with Crippen LogP contribution in [0.15, 0.2) is 24.3 Å². The van der Waals surface area contributed by atoms with Gasteiger partial charge in [0.2, 0.25) is 0 Å². The van der Waals surface area contributed by atoms with Crippen molar-refractivity contribution in [3.63, 3.8) is 0 Å². The van der Waals surface area contributed by atoms with Gasteiger partial charge in [0.25, 0.3) is 0 Å². The molecule has 1 nitrogen and oxygen atoms in total. The first-order valence-electron chi connectivity index (χ1n) is 4.03. The molecule has 0 aliphatic heterocycles. The molecule has 1 aromatic carbocycles. The molecule has 0 aliphatic carbocycles. The lowest BCUT2D eigenvalue weighted by atomic mass is 10.3. The minimum atomic E-state index is -0.251. The Labute approximate surface area is 73.4 Å². The summed E-state index contributed by atoms with van der Waals surface area (Å²) in [5.74, 6) is 0.583. The van der Waals surface area contributed by atoms with Gasteiger partial charge in [-0.15, -0.1) is 0 Å². The van der Waals surface area contributed by atoms with Crippen LogP contribution >= 0.6 is 0 Å². The highest BCUT2D eigenvalue weighted by atomic mass is 19.1. The first-order valence-corrected chi connectivity index (χ1v) is 4.03. The molecule has 0 atom stereocenters. The van der Waals surface area contributed by atoms with Gasteiger partial charge in [-0.2, -0.15) is 0 Å². The zero-order valence-electron chi connectivity index (χ0n) is 7.84. The normalized spacial score (nSPS) is 9.08. The molecule has 1 rings (SSSR count). The first-order chi connectivity index (χ1) is 5.52. The Bertz CT molecular complexity index is 180. The van der Waals surface area contributed by atoms with E-state index in [4.69, 9.17) is 5.73 Å². The monoisotopic (exact) mass is 169 g/mol. The van der Waals surface area contributed by atoms with Crippen molar-refractivity contribution in [2.24, 2.45) is 5.92 Å². The summed E-state index contributed by atoms with van der Waals surface area (Å²) >= 11 is 0. The average molecular weight is 169 g/mol. The largest absolute Gasteiger partial charge is 0.399 e. The van der Waals surface area contributed by atoms with Crippen molar-refractivity contribution in [3.05, 3.63) is 30.1 Å². The third-order valence-corrected chi connectivity index (χ3v) is 0.870. The van der Waals surface area contributed by atoms with Crippen LogP contribution in [0, 0.1) is 11.7 Å². The number of hydrogen-bond acceptors (Lipinski definition) is 1. The third-order valence-electron chi connectivity index (χ3n) is 0.870. The molecule has 12 heavy (non-hydrogen) atoms. The lowest BCUT2D eigenvalue weighted by molar-refractivity contribution is 0.628. The Morgan fingerprint density at radius 1 is 1.08 bits per heavy atom. The minimum absolute atomic E-state index is 0.251. The lowest BCUT2D eigenvalue weighted by Gasteiger charge is -1.87. The van der Waals surface area contributed by atoms with Crippen LogP contribution in [0.4, 0.5) is 10.1 Å². The molecule has 0 heterocycles. The fourth-order valence-corrected chi connectivity index (χ4v) is 0.463. The van der Waals surface area contributed by atoms with Gasteiger partial charge in [-0.25, -0.2) is 4.39 Å². The highest BCUT2D eigenvalue weighted by Crippen LogP contribution is 2.01. The van der Waals surface area contributed by atoms with Crippen molar-refractivity contribution < 1.29 is 4.39 Å². The molecule has 0 aromatic heterocycles. The number of nitrogens with two attached hydrogens (primary N) is 1. The van der Waals surface area contributed by atoms with E-state index in [0.29, 0.717) is 5.69 Å². The third kappa shape index (κ3) is 7.06. The highest BCUT2D eigenvalue weighted by molar-refractivity contribution is 5.36. The van der Waals surface area contributed by atoms with Gasteiger partial charge in [0.1, 0.15) is 5.82 Å². The van der Waals surface area contributed by atoms with E-state index in [1.807, 2.05) is 0 Å². The predicted molar refractivity (Wildman–Crippen MR) is 51.3 cm³/mol. The van der Waals surface area contributed by atoms with E-state index in [0.717, 1.165) is 5.92 Å². The maximum Gasteiger partial charge on any atom is 0.123 e. The molecule has 0 amide bonds. The average Bonchev–Trinajstić information content (AvgIpc) is 1.94. The van der Waals surface area contributed by atoms with Crippen molar-refractivity contribution in [2.75, 3.05) is 5.73 Å². The zero-order valence-corrected chi connectivity index (χ0v) is 7.84. The molecule has 2 heteroatoms. The van der Waals surface area contributed by atoms with Gasteiger partial charge >= 0.3 is 0 Å². The van der Waals surface area contributed by atoms with Crippen LogP contribution < -0.4 is 5.73 Å². The van der Waals surface area contributed by atoms with Crippen molar-refractivity contribution in [1.29, 1.82) is 0 Å². The summed E-state index contributed by atoms with van der Waals surface area (Å²) in [6, 6.07) is 5.70. The topological polar surface area (TPSA) is 26.0 Å². The van der Waals surface area contributed by atoms with Gasteiger partial charge in [-0.3, -0.25) is 0 Å². The summed E-state index contributed by atoms with van der Waals surface area (Å²) in [7, 11) is 0. The van der Waals surface area contributed by atoms with Crippen LogP contribution in [0.25, 0.3) is 0 Å². The van der Waals surface area contributed by atoms with Gasteiger partial charge in [0.15, 0.2) is 0 Å². The fourth-order valence-electron chi connectivity index (χ4n) is 0.463. The maximum absolute atomic E-state index is 12.0. The molecule has 1 aromatic rings. The van der Waals surface area contributed by atoms with E-state index in [9.17, 15) is 4.39 Å². The number of benzene rings is 1. The molecule has 0 radical (unpaired) electrons. The van der Waals surface area contributed by atoms with E-state index in [-0.39, 0.29) is 5.82 Å². The molecule has 2 N–H and O–H groups in total. The quantitative estimate of drug-likeness (QED) is 0.593. The van der Waals surface area contributed by atoms with Crippen molar-refractivity contribution in [3.8, 4) is 0 Å². The van der Waals surface area contributed by atoms with Crippen LogP contribution in [0.3, 0.4) is 0 Å². The highest BCUT2D eigenvalue weighted by Gasteiger charge is 1.83. The second-order valence-electron chi connectivity index (χ2n) is 3.28. The van der Waals surface area contributed by atoms with Crippen molar-refractivity contribution >= 4 is 5.69 Å². The first kappa shape index (κ1) is 11.0. The number of halogens is 1. The SMILES string of the molecule is CC(C)C.Nc1ccc(F)cc1. The molecular weight excluding hydrogens is 153 g/mol. The van der Waals surface area contributed by atoms with Crippen LogP contribution in [0.1, 0.15) is 20.8 Å². The molecule has 0 spiro atoms. The Hall–Kier alpha value is -1.05. The van der Waals surface area contributed by atoms with Gasteiger partial charge in [-0.05, 0) is 30.2 Å². The van der Waals surface area contributed by atoms with Crippen LogP contribution in [0.2, 0.25) is 0 Å². The number of rotatable bonds is 0. The number of hydrogen-bond donors (Lipinski definition) is 1. The van der Waals surface area contributed by atoms with E-state index < -0.39 is 0 Å². The second kappa shape index (κ2) is 5.58. The second-order valence-corrected chi connectivity index (χ2v) is 3.28. The van der Waals surface area contributed by atoms with Gasteiger partial charge in [0, 0.05) is 5.69 Å². The van der Waals surface area contributed by atoms with Crippen molar-refractivity contribution in [1.82, 2.24) is 0 Å². The van der Waals surface area contributed by atoms with Crippen molar-refractivity contribution in [2.45, 2.75) is 20.8 Å². The molecule has 0 saturated heterocycles. The van der Waals surface area contributed by atoms with Gasteiger partial charge in [-0.1, -0.05) is 20.8 Å². The van der Waals surface area contributed by atoms with Crippen LogP contribution in [-0.2, 0) is 0 Å². The summed E-state index contributed by atoms with van der Waals surface area (Å²) < 4.78 is 12.0. The van der Waals surface area contributed by atoms with Gasteiger partial charge in [0.05, 0.1) is 0 Å². The fraction of sp³-hybridized carbons (Fsp3) is 0.400. The Kier molecular flexibility index (Phi) is 5.09. The van der Waals surface area contributed by atoms with Gasteiger partial charge < -0.3 is 5.73 Å². The van der Waals surface area contributed by atoms with Crippen LogP contribution in [-0.4, -0.2) is 0 Å². The Morgan fingerprint density at radius 2 is 1.42 bits per heavy atom. The summed E-state index contributed by atoms with van der Waals surface area (Å²) in [5.41, 5.74) is 5.85. The lowest BCUT2D eigenvalue weighted by Crippen LogP contribution is -1.82. The maximum atomic E-state index is 12.0. The molecule has 0 aliphatic rings. The van der Waals surface area contributed by atoms with E-state index in [1.165, 1.54) is 24.3 Å².